The lowest BCUT2D eigenvalue weighted by Gasteiger charge is -2.06. The van der Waals surface area contributed by atoms with E-state index in [2.05, 4.69) is 17.2 Å². The van der Waals surface area contributed by atoms with Crippen LogP contribution in [0.15, 0.2) is 24.1 Å². The van der Waals surface area contributed by atoms with Crippen LogP contribution in [0, 0.1) is 0 Å². The van der Waals surface area contributed by atoms with Crippen molar-refractivity contribution in [1.29, 1.82) is 0 Å². The number of ether oxygens (including phenoxy) is 1. The fourth-order valence-electron chi connectivity index (χ4n) is 1.23. The molecule has 5 nitrogen and oxygen atoms in total. The van der Waals surface area contributed by atoms with Crippen molar-refractivity contribution in [3.8, 4) is 0 Å². The van der Waals surface area contributed by atoms with E-state index < -0.39 is 5.97 Å². The predicted molar refractivity (Wildman–Crippen MR) is 72.0 cm³/mol. The monoisotopic (exact) mass is 268 g/mol. The molecule has 98 valence electrons. The summed E-state index contributed by atoms with van der Waals surface area (Å²) in [5.41, 5.74) is 0.388. The number of carbonyl (C=O) groups excluding carboxylic acids is 2. The van der Waals surface area contributed by atoms with Gasteiger partial charge in [-0.05, 0) is 18.4 Å². The zero-order valence-electron chi connectivity index (χ0n) is 10.2. The number of thiophene rings is 1. The number of anilines is 1. The summed E-state index contributed by atoms with van der Waals surface area (Å²) in [5, 5.41) is 7.80. The summed E-state index contributed by atoms with van der Waals surface area (Å²) in [7, 11) is 0. The van der Waals surface area contributed by atoms with Crippen molar-refractivity contribution in [3.63, 3.8) is 0 Å². The molecular formula is C12H16N2O3S. The number of carbonyl (C=O) groups is 2. The van der Waals surface area contributed by atoms with Crippen molar-refractivity contribution in [2.75, 3.05) is 25.0 Å². The Balaban J connectivity index is 2.56. The molecule has 1 heterocycles. The first-order chi connectivity index (χ1) is 8.69. The van der Waals surface area contributed by atoms with Gasteiger partial charge in [0, 0.05) is 6.54 Å². The zero-order chi connectivity index (χ0) is 13.4. The topological polar surface area (TPSA) is 67.4 Å². The lowest BCUT2D eigenvalue weighted by Crippen LogP contribution is -2.28. The Morgan fingerprint density at radius 3 is 3.00 bits per heavy atom. The van der Waals surface area contributed by atoms with Crippen LogP contribution in [-0.2, 0) is 9.53 Å². The van der Waals surface area contributed by atoms with E-state index in [0.717, 1.165) is 0 Å². The number of hydrogen-bond donors (Lipinski definition) is 2. The Labute approximate surface area is 110 Å². The molecule has 0 radical (unpaired) electrons. The number of amides is 1. The van der Waals surface area contributed by atoms with E-state index in [9.17, 15) is 9.59 Å². The summed E-state index contributed by atoms with van der Waals surface area (Å²) in [6, 6.07) is 1.63. The second kappa shape index (κ2) is 7.62. The molecule has 0 fully saturated rings. The van der Waals surface area contributed by atoms with Gasteiger partial charge in [-0.15, -0.1) is 17.9 Å². The summed E-state index contributed by atoms with van der Waals surface area (Å²) in [4.78, 5) is 23.1. The van der Waals surface area contributed by atoms with Gasteiger partial charge in [-0.3, -0.25) is 4.79 Å². The second-order valence-electron chi connectivity index (χ2n) is 3.35. The average molecular weight is 268 g/mol. The molecule has 0 bridgehead atoms. The highest BCUT2D eigenvalue weighted by Crippen LogP contribution is 2.23. The van der Waals surface area contributed by atoms with Crippen molar-refractivity contribution in [3.05, 3.63) is 29.7 Å². The molecule has 2 N–H and O–H groups in total. The predicted octanol–water partition coefficient (Wildman–Crippen LogP) is 1.64. The fourth-order valence-corrected chi connectivity index (χ4v) is 2.03. The quantitative estimate of drug-likeness (QED) is 0.448. The maximum absolute atomic E-state index is 11.6. The van der Waals surface area contributed by atoms with E-state index in [1.165, 1.54) is 11.3 Å². The third-order valence-electron chi connectivity index (χ3n) is 1.99. The van der Waals surface area contributed by atoms with Gasteiger partial charge in [0.05, 0.1) is 18.7 Å². The Morgan fingerprint density at radius 1 is 1.56 bits per heavy atom. The van der Waals surface area contributed by atoms with E-state index >= 15 is 0 Å². The maximum atomic E-state index is 11.6. The molecule has 0 saturated heterocycles. The molecule has 0 aliphatic heterocycles. The molecule has 0 aliphatic rings. The molecule has 0 unspecified atom stereocenters. The lowest BCUT2D eigenvalue weighted by atomic mass is 10.3. The van der Waals surface area contributed by atoms with Crippen LogP contribution in [0.4, 0.5) is 5.00 Å². The molecule has 1 rings (SSSR count). The van der Waals surface area contributed by atoms with E-state index in [4.69, 9.17) is 4.74 Å². The normalized spacial score (nSPS) is 9.83. The minimum atomic E-state index is -0.423. The Morgan fingerprint density at radius 2 is 2.33 bits per heavy atom. The van der Waals surface area contributed by atoms with Crippen LogP contribution >= 0.6 is 11.3 Å². The Bertz CT molecular complexity index is 429. The number of rotatable bonds is 7. The summed E-state index contributed by atoms with van der Waals surface area (Å²) >= 11 is 1.29. The summed E-state index contributed by atoms with van der Waals surface area (Å²) in [6.07, 6.45) is 1.67. The van der Waals surface area contributed by atoms with Crippen molar-refractivity contribution in [1.82, 2.24) is 5.32 Å². The van der Waals surface area contributed by atoms with Crippen LogP contribution in [0.3, 0.4) is 0 Å². The first-order valence-corrected chi connectivity index (χ1v) is 6.43. The van der Waals surface area contributed by atoms with Crippen LogP contribution in [0.2, 0.25) is 0 Å². The van der Waals surface area contributed by atoms with Crippen LogP contribution < -0.4 is 10.6 Å². The first kappa shape index (κ1) is 14.4. The van der Waals surface area contributed by atoms with Gasteiger partial charge in [-0.2, -0.15) is 0 Å². The van der Waals surface area contributed by atoms with Gasteiger partial charge in [0.25, 0.3) is 0 Å². The molecule has 0 atom stereocenters. The number of esters is 1. The molecule has 0 aromatic carbocycles. The minimum absolute atomic E-state index is 0.173. The minimum Gasteiger partial charge on any atom is -0.462 e. The molecule has 1 amide bonds. The van der Waals surface area contributed by atoms with Crippen LogP contribution in [0.5, 0.6) is 0 Å². The Kier molecular flexibility index (Phi) is 6.10. The molecule has 0 saturated carbocycles. The third-order valence-corrected chi connectivity index (χ3v) is 2.82. The van der Waals surface area contributed by atoms with E-state index in [1.54, 1.807) is 24.4 Å². The summed E-state index contributed by atoms with van der Waals surface area (Å²) in [5.74, 6) is -0.627. The van der Waals surface area contributed by atoms with Crippen LogP contribution in [0.25, 0.3) is 0 Å². The lowest BCUT2D eigenvalue weighted by molar-refractivity contribution is -0.115. The molecule has 18 heavy (non-hydrogen) atoms. The van der Waals surface area contributed by atoms with Crippen molar-refractivity contribution in [2.45, 2.75) is 6.92 Å². The molecule has 1 aromatic heterocycles. The Hall–Kier alpha value is -1.66. The smallest absolute Gasteiger partial charge is 0.341 e. The van der Waals surface area contributed by atoms with Gasteiger partial charge in [-0.25, -0.2) is 4.79 Å². The highest BCUT2D eigenvalue weighted by molar-refractivity contribution is 7.14. The van der Waals surface area contributed by atoms with Gasteiger partial charge >= 0.3 is 5.97 Å². The standard InChI is InChI=1S/C12H16N2O3S/c1-3-6-13-8-10(15)14-11-9(5-7-18-11)12(16)17-4-2/h3,5,7,13H,1,4,6,8H2,2H3,(H,14,15). The second-order valence-corrected chi connectivity index (χ2v) is 4.27. The van der Waals surface area contributed by atoms with Gasteiger partial charge < -0.3 is 15.4 Å². The van der Waals surface area contributed by atoms with Gasteiger partial charge in [-0.1, -0.05) is 6.08 Å². The largest absolute Gasteiger partial charge is 0.462 e. The molecule has 0 spiro atoms. The SMILES string of the molecule is C=CCNCC(=O)Nc1sccc1C(=O)OCC. The van der Waals surface area contributed by atoms with E-state index in [-0.39, 0.29) is 12.5 Å². The highest BCUT2D eigenvalue weighted by Gasteiger charge is 2.15. The van der Waals surface area contributed by atoms with E-state index in [1.807, 2.05) is 0 Å². The third kappa shape index (κ3) is 4.31. The highest BCUT2D eigenvalue weighted by atomic mass is 32.1. The van der Waals surface area contributed by atoms with Gasteiger partial charge in [0.1, 0.15) is 5.00 Å². The first-order valence-electron chi connectivity index (χ1n) is 5.55. The van der Waals surface area contributed by atoms with Crippen LogP contribution in [0.1, 0.15) is 17.3 Å². The average Bonchev–Trinajstić information content (AvgIpc) is 2.78. The molecular weight excluding hydrogens is 252 g/mol. The fraction of sp³-hybridized carbons (Fsp3) is 0.333. The molecule has 6 heteroatoms. The van der Waals surface area contributed by atoms with Crippen LogP contribution in [-0.4, -0.2) is 31.6 Å². The summed E-state index contributed by atoms with van der Waals surface area (Å²) in [6.45, 7) is 6.31. The maximum Gasteiger partial charge on any atom is 0.341 e. The van der Waals surface area contributed by atoms with Crippen molar-refractivity contribution >= 4 is 28.2 Å². The van der Waals surface area contributed by atoms with E-state index in [0.29, 0.717) is 23.7 Å². The molecule has 1 aromatic rings. The number of nitrogens with one attached hydrogen (secondary N) is 2. The van der Waals surface area contributed by atoms with Gasteiger partial charge in [0.2, 0.25) is 5.91 Å². The molecule has 0 aliphatic carbocycles. The van der Waals surface area contributed by atoms with Crippen molar-refractivity contribution < 1.29 is 14.3 Å². The number of hydrogen-bond acceptors (Lipinski definition) is 5. The summed E-state index contributed by atoms with van der Waals surface area (Å²) < 4.78 is 4.89. The van der Waals surface area contributed by atoms with Crippen molar-refractivity contribution in [2.24, 2.45) is 0 Å². The van der Waals surface area contributed by atoms with Gasteiger partial charge in [0.15, 0.2) is 0 Å². The zero-order valence-corrected chi connectivity index (χ0v) is 11.0.